The SMILES string of the molecule is Cc1cccc(NC(=O)c2cc(C)c(Br)s2)c1. The Bertz CT molecular complexity index is 543. The molecule has 4 heteroatoms. The van der Waals surface area contributed by atoms with Crippen molar-refractivity contribution >= 4 is 38.9 Å². The quantitative estimate of drug-likeness (QED) is 0.876. The average Bonchev–Trinajstić information content (AvgIpc) is 2.59. The molecule has 0 radical (unpaired) electrons. The van der Waals surface area contributed by atoms with Crippen LogP contribution in [0.25, 0.3) is 0 Å². The first kappa shape index (κ1) is 12.3. The molecule has 0 saturated carbocycles. The molecule has 0 aliphatic rings. The number of thiophene rings is 1. The molecule has 0 saturated heterocycles. The van der Waals surface area contributed by atoms with Crippen molar-refractivity contribution in [3.8, 4) is 0 Å². The highest BCUT2D eigenvalue weighted by Gasteiger charge is 2.11. The van der Waals surface area contributed by atoms with E-state index in [9.17, 15) is 4.79 Å². The Labute approximate surface area is 113 Å². The summed E-state index contributed by atoms with van der Waals surface area (Å²) in [6.45, 7) is 3.98. The molecule has 0 atom stereocenters. The predicted molar refractivity (Wildman–Crippen MR) is 75.9 cm³/mol. The smallest absolute Gasteiger partial charge is 0.265 e. The van der Waals surface area contributed by atoms with Gasteiger partial charge in [-0.3, -0.25) is 4.79 Å². The van der Waals surface area contributed by atoms with E-state index in [-0.39, 0.29) is 5.91 Å². The van der Waals surface area contributed by atoms with Crippen LogP contribution in [0.1, 0.15) is 20.8 Å². The Hall–Kier alpha value is -1.13. The molecule has 88 valence electrons. The number of aryl methyl sites for hydroxylation is 2. The lowest BCUT2D eigenvalue weighted by atomic mass is 10.2. The van der Waals surface area contributed by atoms with E-state index in [4.69, 9.17) is 0 Å². The van der Waals surface area contributed by atoms with Crippen LogP contribution in [0, 0.1) is 13.8 Å². The largest absolute Gasteiger partial charge is 0.321 e. The monoisotopic (exact) mass is 309 g/mol. The molecular formula is C13H12BrNOS. The molecule has 2 aromatic rings. The van der Waals surface area contributed by atoms with Crippen molar-refractivity contribution in [1.82, 2.24) is 0 Å². The highest BCUT2D eigenvalue weighted by atomic mass is 79.9. The van der Waals surface area contributed by atoms with Crippen molar-refractivity contribution in [2.24, 2.45) is 0 Å². The van der Waals surface area contributed by atoms with Crippen LogP contribution in [0.3, 0.4) is 0 Å². The molecule has 2 rings (SSSR count). The van der Waals surface area contributed by atoms with Gasteiger partial charge in [0.25, 0.3) is 5.91 Å². The van der Waals surface area contributed by atoms with Gasteiger partial charge in [0.15, 0.2) is 0 Å². The topological polar surface area (TPSA) is 29.1 Å². The molecule has 1 aromatic heterocycles. The van der Waals surface area contributed by atoms with E-state index in [2.05, 4.69) is 21.2 Å². The standard InChI is InChI=1S/C13H12BrNOS/c1-8-4-3-5-10(6-8)15-13(16)11-7-9(2)12(14)17-11/h3-7H,1-2H3,(H,15,16). The third-order valence-corrected chi connectivity index (χ3v) is 4.49. The van der Waals surface area contributed by atoms with E-state index >= 15 is 0 Å². The van der Waals surface area contributed by atoms with Crippen molar-refractivity contribution in [1.29, 1.82) is 0 Å². The fourth-order valence-corrected chi connectivity index (χ4v) is 2.92. The van der Waals surface area contributed by atoms with Gasteiger partial charge in [0, 0.05) is 5.69 Å². The molecule has 0 aliphatic heterocycles. The van der Waals surface area contributed by atoms with Gasteiger partial charge >= 0.3 is 0 Å². The third kappa shape index (κ3) is 2.96. The van der Waals surface area contributed by atoms with E-state index < -0.39 is 0 Å². The van der Waals surface area contributed by atoms with Gasteiger partial charge in [-0.05, 0) is 59.1 Å². The van der Waals surface area contributed by atoms with Gasteiger partial charge in [-0.15, -0.1) is 11.3 Å². The van der Waals surface area contributed by atoms with Crippen LogP contribution >= 0.6 is 27.3 Å². The van der Waals surface area contributed by atoms with E-state index in [1.54, 1.807) is 0 Å². The average molecular weight is 310 g/mol. The van der Waals surface area contributed by atoms with Crippen LogP contribution in [0.2, 0.25) is 0 Å². The van der Waals surface area contributed by atoms with Crippen LogP contribution in [0.4, 0.5) is 5.69 Å². The van der Waals surface area contributed by atoms with E-state index in [1.807, 2.05) is 44.2 Å². The Balaban J connectivity index is 2.17. The minimum absolute atomic E-state index is 0.0607. The van der Waals surface area contributed by atoms with Crippen molar-refractivity contribution in [3.63, 3.8) is 0 Å². The highest BCUT2D eigenvalue weighted by molar-refractivity contribution is 9.11. The molecule has 0 aliphatic carbocycles. The number of halogens is 1. The van der Waals surface area contributed by atoms with Crippen molar-refractivity contribution < 1.29 is 4.79 Å². The normalized spacial score (nSPS) is 10.3. The van der Waals surface area contributed by atoms with Crippen LogP contribution < -0.4 is 5.32 Å². The van der Waals surface area contributed by atoms with Gasteiger partial charge in [-0.25, -0.2) is 0 Å². The zero-order valence-electron chi connectivity index (χ0n) is 9.58. The second kappa shape index (κ2) is 5.02. The number of hydrogen-bond acceptors (Lipinski definition) is 2. The third-order valence-electron chi connectivity index (χ3n) is 2.36. The Kier molecular flexibility index (Phi) is 3.64. The van der Waals surface area contributed by atoms with Gasteiger partial charge in [0.2, 0.25) is 0 Å². The van der Waals surface area contributed by atoms with Gasteiger partial charge in [0.1, 0.15) is 0 Å². The maximum Gasteiger partial charge on any atom is 0.265 e. The van der Waals surface area contributed by atoms with Gasteiger partial charge < -0.3 is 5.32 Å². The van der Waals surface area contributed by atoms with Crippen LogP contribution in [-0.2, 0) is 0 Å². The molecule has 17 heavy (non-hydrogen) atoms. The lowest BCUT2D eigenvalue weighted by Gasteiger charge is -2.03. The highest BCUT2D eigenvalue weighted by Crippen LogP contribution is 2.27. The summed E-state index contributed by atoms with van der Waals surface area (Å²) in [6, 6.07) is 9.66. The number of rotatable bonds is 2. The van der Waals surface area contributed by atoms with Crippen molar-refractivity contribution in [3.05, 3.63) is 50.1 Å². The number of hydrogen-bond donors (Lipinski definition) is 1. The van der Waals surface area contributed by atoms with Crippen molar-refractivity contribution in [2.45, 2.75) is 13.8 Å². The Morgan fingerprint density at radius 3 is 2.65 bits per heavy atom. The lowest BCUT2D eigenvalue weighted by Crippen LogP contribution is -2.10. The van der Waals surface area contributed by atoms with Gasteiger partial charge in [0.05, 0.1) is 8.66 Å². The minimum Gasteiger partial charge on any atom is -0.321 e. The molecule has 1 heterocycles. The Morgan fingerprint density at radius 1 is 1.29 bits per heavy atom. The van der Waals surface area contributed by atoms with Gasteiger partial charge in [-0.2, -0.15) is 0 Å². The molecule has 0 unspecified atom stereocenters. The number of anilines is 1. The summed E-state index contributed by atoms with van der Waals surface area (Å²) < 4.78 is 1.01. The molecule has 2 nitrogen and oxygen atoms in total. The van der Waals surface area contributed by atoms with Crippen LogP contribution in [0.5, 0.6) is 0 Å². The second-order valence-electron chi connectivity index (χ2n) is 3.89. The van der Waals surface area contributed by atoms with E-state index in [0.717, 1.165) is 25.5 Å². The second-order valence-corrected chi connectivity index (χ2v) is 6.26. The summed E-state index contributed by atoms with van der Waals surface area (Å²) in [5, 5.41) is 2.89. The zero-order valence-corrected chi connectivity index (χ0v) is 12.0. The molecule has 1 aromatic carbocycles. The molecule has 1 N–H and O–H groups in total. The maximum atomic E-state index is 12.0. The molecule has 1 amide bonds. The first-order valence-corrected chi connectivity index (χ1v) is 6.81. The first-order valence-electron chi connectivity index (χ1n) is 5.20. The summed E-state index contributed by atoms with van der Waals surface area (Å²) in [5.74, 6) is -0.0607. The zero-order chi connectivity index (χ0) is 12.4. The summed E-state index contributed by atoms with van der Waals surface area (Å²) in [6.07, 6.45) is 0. The number of benzene rings is 1. The number of carbonyl (C=O) groups is 1. The number of nitrogens with one attached hydrogen (secondary N) is 1. The summed E-state index contributed by atoms with van der Waals surface area (Å²) >= 11 is 4.87. The van der Waals surface area contributed by atoms with Crippen LogP contribution in [-0.4, -0.2) is 5.91 Å². The number of carbonyl (C=O) groups excluding carboxylic acids is 1. The molecule has 0 bridgehead atoms. The van der Waals surface area contributed by atoms with Crippen LogP contribution in [0.15, 0.2) is 34.1 Å². The maximum absolute atomic E-state index is 12.0. The summed E-state index contributed by atoms with van der Waals surface area (Å²) in [7, 11) is 0. The fraction of sp³-hybridized carbons (Fsp3) is 0.154. The fourth-order valence-electron chi connectivity index (χ4n) is 1.49. The Morgan fingerprint density at radius 2 is 2.06 bits per heavy atom. The molecule has 0 fully saturated rings. The number of amides is 1. The first-order chi connectivity index (χ1) is 8.06. The van der Waals surface area contributed by atoms with E-state index in [1.165, 1.54) is 11.3 Å². The van der Waals surface area contributed by atoms with Crippen molar-refractivity contribution in [2.75, 3.05) is 5.32 Å². The molecule has 0 spiro atoms. The minimum atomic E-state index is -0.0607. The lowest BCUT2D eigenvalue weighted by molar-refractivity contribution is 0.103. The molecular weight excluding hydrogens is 298 g/mol. The summed E-state index contributed by atoms with van der Waals surface area (Å²) in [4.78, 5) is 12.7. The van der Waals surface area contributed by atoms with E-state index in [0.29, 0.717) is 0 Å². The predicted octanol–water partition coefficient (Wildman–Crippen LogP) is 4.38. The summed E-state index contributed by atoms with van der Waals surface area (Å²) in [5.41, 5.74) is 3.05. The van der Waals surface area contributed by atoms with Gasteiger partial charge in [-0.1, -0.05) is 12.1 Å².